The molecule has 1 amide bonds. The smallest absolute Gasteiger partial charge is 0.434 e. The number of amides is 1. The fourth-order valence-electron chi connectivity index (χ4n) is 8.03. The molecule has 9 rings (SSSR count). The summed E-state index contributed by atoms with van der Waals surface area (Å²) in [6, 6.07) is 10.5. The standard InChI is InChI=1S/C38H30F4N6O4S/c1-17-14-19-15-26(53-32(19)34(43-17)45-33-21-10-11-23(40)31(51-2)22(21)16-38(33,41)42)28-27(35-46-47-37(50)52-35)24(12-7-18-5-8-20(39)9-6-18)44-30-25-4-3-13-48(25)36(49)29(28)30/h5-6,8-11,14-15,25,33H,3-4,7,12-13,16H2,1-2H3,(H,43,45)(H,47,50). The van der Waals surface area contributed by atoms with Crippen LogP contribution in [0.3, 0.4) is 0 Å². The van der Waals surface area contributed by atoms with Crippen LogP contribution in [0.5, 0.6) is 5.75 Å². The number of benzene rings is 2. The molecule has 10 nitrogen and oxygen atoms in total. The Morgan fingerprint density at radius 2 is 1.87 bits per heavy atom. The van der Waals surface area contributed by atoms with Crippen LogP contribution in [-0.2, 0) is 19.3 Å². The first-order valence-corrected chi connectivity index (χ1v) is 17.9. The number of H-pyrrole nitrogens is 1. The molecule has 2 atom stereocenters. The number of hydrogen-bond acceptors (Lipinski definition) is 9. The van der Waals surface area contributed by atoms with Gasteiger partial charge in [0, 0.05) is 34.7 Å². The summed E-state index contributed by atoms with van der Waals surface area (Å²) in [6.07, 6.45) is 1.65. The van der Waals surface area contributed by atoms with E-state index >= 15 is 8.78 Å². The molecule has 0 saturated carbocycles. The van der Waals surface area contributed by atoms with E-state index in [1.165, 1.54) is 36.6 Å². The molecule has 270 valence electrons. The highest BCUT2D eigenvalue weighted by atomic mass is 32.1. The van der Waals surface area contributed by atoms with E-state index in [0.29, 0.717) is 68.1 Å². The Balaban J connectivity index is 1.23. The predicted octanol–water partition coefficient (Wildman–Crippen LogP) is 7.72. The van der Waals surface area contributed by atoms with Gasteiger partial charge in [0.15, 0.2) is 11.6 Å². The third kappa shape index (κ3) is 5.39. The van der Waals surface area contributed by atoms with Gasteiger partial charge >= 0.3 is 5.76 Å². The fraction of sp³-hybridized carbons (Fsp3) is 0.289. The lowest BCUT2D eigenvalue weighted by molar-refractivity contribution is -0.00736. The first kappa shape index (κ1) is 33.3. The number of hydrogen-bond donors (Lipinski definition) is 2. The van der Waals surface area contributed by atoms with Crippen molar-refractivity contribution in [3.8, 4) is 27.6 Å². The van der Waals surface area contributed by atoms with Gasteiger partial charge < -0.3 is 19.4 Å². The first-order valence-electron chi connectivity index (χ1n) is 17.1. The molecule has 1 aliphatic carbocycles. The number of carbonyl (C=O) groups excluding carboxylic acids is 1. The van der Waals surface area contributed by atoms with Crippen molar-refractivity contribution < 1.29 is 31.5 Å². The van der Waals surface area contributed by atoms with Crippen molar-refractivity contribution in [3.63, 3.8) is 0 Å². The number of aryl methyl sites for hydroxylation is 3. The molecule has 1 fully saturated rings. The summed E-state index contributed by atoms with van der Waals surface area (Å²) in [6.45, 7) is 2.31. The molecule has 4 aromatic heterocycles. The number of nitrogens with one attached hydrogen (secondary N) is 2. The molecule has 6 heterocycles. The summed E-state index contributed by atoms with van der Waals surface area (Å²) < 4.78 is 71.0. The molecule has 2 aromatic carbocycles. The number of rotatable bonds is 8. The molecule has 2 aliphatic heterocycles. The van der Waals surface area contributed by atoms with Gasteiger partial charge in [-0.05, 0) is 79.5 Å². The number of anilines is 1. The Morgan fingerprint density at radius 1 is 1.06 bits per heavy atom. The molecule has 1 saturated heterocycles. The number of aromatic amines is 1. The molecule has 6 aromatic rings. The van der Waals surface area contributed by atoms with Crippen molar-refractivity contribution in [1.82, 2.24) is 25.1 Å². The number of pyridine rings is 2. The second-order valence-electron chi connectivity index (χ2n) is 13.6. The van der Waals surface area contributed by atoms with Crippen LogP contribution >= 0.6 is 11.3 Å². The molecule has 53 heavy (non-hydrogen) atoms. The summed E-state index contributed by atoms with van der Waals surface area (Å²) in [7, 11) is 1.25. The van der Waals surface area contributed by atoms with Gasteiger partial charge in [-0.25, -0.2) is 32.4 Å². The molecule has 0 radical (unpaired) electrons. The molecule has 0 spiro atoms. The van der Waals surface area contributed by atoms with Crippen LogP contribution in [0.25, 0.3) is 32.0 Å². The maximum atomic E-state index is 15.7. The molecule has 3 aliphatic rings. The van der Waals surface area contributed by atoms with E-state index in [2.05, 4.69) is 20.5 Å². The minimum Gasteiger partial charge on any atom is -0.493 e. The van der Waals surface area contributed by atoms with E-state index in [9.17, 15) is 18.4 Å². The SMILES string of the molecule is COc1c(F)ccc2c1CC(F)(F)C2Nc1nc(C)cc2cc(-c3c4c(nc(CCc5ccc(F)cc5)c3-c3n[nH]c(=O)o3)C3CCCN3C4=O)sc12. The highest BCUT2D eigenvalue weighted by Gasteiger charge is 2.50. The Kier molecular flexibility index (Phi) is 7.69. The summed E-state index contributed by atoms with van der Waals surface area (Å²) in [5, 5.41) is 10.2. The second-order valence-corrected chi connectivity index (χ2v) is 14.6. The minimum absolute atomic E-state index is 0.0530. The van der Waals surface area contributed by atoms with E-state index in [-0.39, 0.29) is 46.4 Å². The molecule has 0 bridgehead atoms. The van der Waals surface area contributed by atoms with Gasteiger partial charge in [0.2, 0.25) is 0 Å². The maximum absolute atomic E-state index is 15.7. The van der Waals surface area contributed by atoms with Gasteiger partial charge in [0.25, 0.3) is 17.7 Å². The van der Waals surface area contributed by atoms with Crippen LogP contribution < -0.4 is 15.8 Å². The largest absolute Gasteiger partial charge is 0.493 e. The lowest BCUT2D eigenvalue weighted by Crippen LogP contribution is -2.28. The lowest BCUT2D eigenvalue weighted by Gasteiger charge is -2.22. The third-order valence-electron chi connectivity index (χ3n) is 10.3. The monoisotopic (exact) mass is 742 g/mol. The third-order valence-corrected chi connectivity index (χ3v) is 11.5. The second kappa shape index (κ2) is 12.3. The average molecular weight is 743 g/mol. The normalized spacial score (nSPS) is 18.5. The molecule has 15 heteroatoms. The summed E-state index contributed by atoms with van der Waals surface area (Å²) in [4.78, 5) is 38.7. The number of thiophene rings is 1. The van der Waals surface area contributed by atoms with Gasteiger partial charge in [0.05, 0.1) is 40.4 Å². The number of methoxy groups -OCH3 is 1. The van der Waals surface area contributed by atoms with Gasteiger partial charge in [-0.2, -0.15) is 0 Å². The molecular formula is C38H30F4N6O4S. The van der Waals surface area contributed by atoms with Gasteiger partial charge in [-0.3, -0.25) is 9.78 Å². The van der Waals surface area contributed by atoms with Crippen molar-refractivity contribution in [3.05, 3.63) is 110 Å². The zero-order valence-corrected chi connectivity index (χ0v) is 29.2. The Labute approximate surface area is 302 Å². The number of fused-ring (bicyclic) bond motifs is 5. The van der Waals surface area contributed by atoms with E-state index in [1.54, 1.807) is 24.0 Å². The maximum Gasteiger partial charge on any atom is 0.434 e. The van der Waals surface area contributed by atoms with Crippen molar-refractivity contribution in [2.45, 2.75) is 57.0 Å². The minimum atomic E-state index is -3.30. The van der Waals surface area contributed by atoms with Crippen molar-refractivity contribution in [2.75, 3.05) is 19.0 Å². The summed E-state index contributed by atoms with van der Waals surface area (Å²) in [5.74, 6) is -5.44. The molecular weight excluding hydrogens is 713 g/mol. The topological polar surface area (TPSA) is 126 Å². The van der Waals surface area contributed by atoms with Crippen molar-refractivity contribution in [1.29, 1.82) is 0 Å². The number of aromatic nitrogens is 4. The summed E-state index contributed by atoms with van der Waals surface area (Å²) >= 11 is 1.24. The van der Waals surface area contributed by atoms with Crippen LogP contribution in [0.15, 0.2) is 57.7 Å². The Morgan fingerprint density at radius 3 is 2.62 bits per heavy atom. The lowest BCUT2D eigenvalue weighted by atomic mass is 9.93. The van der Waals surface area contributed by atoms with Crippen LogP contribution in [0.2, 0.25) is 0 Å². The Bertz CT molecular complexity index is 2530. The van der Waals surface area contributed by atoms with Gasteiger partial charge in [0.1, 0.15) is 17.7 Å². The zero-order chi connectivity index (χ0) is 36.8. The quantitative estimate of drug-likeness (QED) is 0.152. The van der Waals surface area contributed by atoms with Crippen LogP contribution in [0.4, 0.5) is 23.4 Å². The van der Waals surface area contributed by atoms with Crippen molar-refractivity contribution in [2.24, 2.45) is 0 Å². The number of ether oxygens (including phenoxy) is 1. The number of alkyl halides is 2. The van der Waals surface area contributed by atoms with E-state index < -0.39 is 30.0 Å². The average Bonchev–Trinajstić information content (AvgIpc) is 3.95. The van der Waals surface area contributed by atoms with Crippen LogP contribution in [0.1, 0.15) is 69.1 Å². The van der Waals surface area contributed by atoms with E-state index in [1.807, 2.05) is 12.1 Å². The highest BCUT2D eigenvalue weighted by molar-refractivity contribution is 7.23. The van der Waals surface area contributed by atoms with Crippen LogP contribution in [-0.4, -0.2) is 50.5 Å². The van der Waals surface area contributed by atoms with Gasteiger partial charge in [-0.1, -0.05) is 18.2 Å². The fourth-order valence-corrected chi connectivity index (χ4v) is 9.18. The predicted molar refractivity (Wildman–Crippen MR) is 188 cm³/mol. The van der Waals surface area contributed by atoms with Gasteiger partial charge in [-0.15, -0.1) is 16.4 Å². The zero-order valence-electron chi connectivity index (χ0n) is 28.4. The number of nitrogens with zero attached hydrogens (tertiary/aromatic N) is 4. The van der Waals surface area contributed by atoms with E-state index in [4.69, 9.17) is 14.1 Å². The molecule has 2 N–H and O–H groups in total. The highest BCUT2D eigenvalue weighted by Crippen LogP contribution is 2.52. The molecule has 2 unspecified atom stereocenters. The Hall–Kier alpha value is -5.57. The van der Waals surface area contributed by atoms with Crippen molar-refractivity contribution >= 4 is 33.1 Å². The summed E-state index contributed by atoms with van der Waals surface area (Å²) in [5.41, 5.74) is 4.06. The van der Waals surface area contributed by atoms with E-state index in [0.717, 1.165) is 24.5 Å². The first-order chi connectivity index (χ1) is 25.5. The number of carbonyl (C=O) groups is 1. The number of halogens is 4. The van der Waals surface area contributed by atoms with Crippen LogP contribution in [0, 0.1) is 18.6 Å².